The van der Waals surface area contributed by atoms with Gasteiger partial charge in [0.1, 0.15) is 0 Å². The highest BCUT2D eigenvalue weighted by atomic mass is 35.5. The predicted octanol–water partition coefficient (Wildman–Crippen LogP) is 2.38. The van der Waals surface area contributed by atoms with Crippen LogP contribution in [0.25, 0.3) is 0 Å². The molecule has 0 amide bonds. The molecule has 0 unspecified atom stereocenters. The zero-order chi connectivity index (χ0) is 13.7. The Morgan fingerprint density at radius 3 is 2.21 bits per heavy atom. The molecule has 0 aromatic heterocycles. The van der Waals surface area contributed by atoms with Crippen molar-refractivity contribution in [3.63, 3.8) is 0 Å². The van der Waals surface area contributed by atoms with Crippen LogP contribution >= 0.6 is 11.6 Å². The molecular formula is C15H21ClO3. The van der Waals surface area contributed by atoms with Gasteiger partial charge in [-0.1, -0.05) is 23.7 Å². The third kappa shape index (κ3) is 3.48. The van der Waals surface area contributed by atoms with Crippen molar-refractivity contribution in [3.05, 3.63) is 34.9 Å². The Morgan fingerprint density at radius 1 is 1.11 bits per heavy atom. The number of halogens is 1. The van der Waals surface area contributed by atoms with Crippen LogP contribution in [0.5, 0.6) is 0 Å². The summed E-state index contributed by atoms with van der Waals surface area (Å²) in [5.74, 6) is 0.490. The van der Waals surface area contributed by atoms with Crippen molar-refractivity contribution in [1.82, 2.24) is 0 Å². The van der Waals surface area contributed by atoms with E-state index in [0.717, 1.165) is 38.0 Å². The number of hydrogen-bond acceptors (Lipinski definition) is 3. The molecule has 1 aliphatic rings. The summed E-state index contributed by atoms with van der Waals surface area (Å²) in [4.78, 5) is 0. The quantitative estimate of drug-likeness (QED) is 0.873. The van der Waals surface area contributed by atoms with Crippen molar-refractivity contribution in [2.75, 3.05) is 26.4 Å². The summed E-state index contributed by atoms with van der Waals surface area (Å²) in [6.45, 7) is 1.45. The van der Waals surface area contributed by atoms with Gasteiger partial charge in [-0.2, -0.15) is 0 Å². The van der Waals surface area contributed by atoms with E-state index in [1.165, 1.54) is 0 Å². The van der Waals surface area contributed by atoms with Gasteiger partial charge in [-0.05, 0) is 42.9 Å². The second kappa shape index (κ2) is 6.71. The van der Waals surface area contributed by atoms with Gasteiger partial charge < -0.3 is 14.9 Å². The first-order chi connectivity index (χ1) is 9.20. The average Bonchev–Trinajstić information content (AvgIpc) is 2.47. The minimum Gasteiger partial charge on any atom is -0.395 e. The van der Waals surface area contributed by atoms with Crippen LogP contribution in [0.1, 0.15) is 24.8 Å². The van der Waals surface area contributed by atoms with E-state index in [0.29, 0.717) is 10.9 Å². The molecule has 3 nitrogen and oxygen atoms in total. The molecule has 0 radical (unpaired) electrons. The predicted molar refractivity (Wildman–Crippen MR) is 75.5 cm³/mol. The highest BCUT2D eigenvalue weighted by Gasteiger charge is 2.34. The number of benzene rings is 1. The summed E-state index contributed by atoms with van der Waals surface area (Å²) in [5, 5.41) is 20.3. The number of rotatable bonds is 5. The normalized spacial score (nSPS) is 17.6. The Hall–Kier alpha value is -0.610. The molecule has 2 rings (SSSR count). The van der Waals surface area contributed by atoms with E-state index < -0.39 is 5.41 Å². The minimum atomic E-state index is -0.577. The van der Waals surface area contributed by atoms with Gasteiger partial charge in [0.15, 0.2) is 0 Å². The van der Waals surface area contributed by atoms with Crippen molar-refractivity contribution in [2.24, 2.45) is 5.92 Å². The summed E-state index contributed by atoms with van der Waals surface area (Å²) >= 11 is 5.90. The summed E-state index contributed by atoms with van der Waals surface area (Å²) < 4.78 is 5.36. The third-order valence-electron chi connectivity index (χ3n) is 4.08. The zero-order valence-electron chi connectivity index (χ0n) is 11.0. The van der Waals surface area contributed by atoms with Crippen molar-refractivity contribution >= 4 is 11.6 Å². The smallest absolute Gasteiger partial charge is 0.0550 e. The summed E-state index contributed by atoms with van der Waals surface area (Å²) in [6, 6.07) is 7.41. The van der Waals surface area contributed by atoms with Crippen molar-refractivity contribution < 1.29 is 14.9 Å². The largest absolute Gasteiger partial charge is 0.395 e. The van der Waals surface area contributed by atoms with Crippen LogP contribution in [0.4, 0.5) is 0 Å². The number of aliphatic hydroxyl groups is 2. The lowest BCUT2D eigenvalue weighted by Crippen LogP contribution is -2.38. The van der Waals surface area contributed by atoms with Crippen LogP contribution in [-0.2, 0) is 10.2 Å². The van der Waals surface area contributed by atoms with Gasteiger partial charge >= 0.3 is 0 Å². The maximum absolute atomic E-state index is 9.81. The first-order valence-electron chi connectivity index (χ1n) is 6.76. The minimum absolute atomic E-state index is 0.0531. The van der Waals surface area contributed by atoms with Crippen LogP contribution in [0.3, 0.4) is 0 Å². The number of hydrogen-bond donors (Lipinski definition) is 2. The van der Waals surface area contributed by atoms with Crippen molar-refractivity contribution in [2.45, 2.75) is 24.7 Å². The van der Waals surface area contributed by atoms with Crippen LogP contribution < -0.4 is 0 Å². The molecule has 1 aromatic carbocycles. The molecule has 1 aromatic rings. The second-order valence-electron chi connectivity index (χ2n) is 5.36. The fraction of sp³-hybridized carbons (Fsp3) is 0.600. The van der Waals surface area contributed by atoms with Gasteiger partial charge in [0.05, 0.1) is 13.2 Å². The topological polar surface area (TPSA) is 49.7 Å². The van der Waals surface area contributed by atoms with Crippen LogP contribution in [-0.4, -0.2) is 36.6 Å². The Balaban J connectivity index is 2.18. The van der Waals surface area contributed by atoms with E-state index in [4.69, 9.17) is 16.3 Å². The molecule has 0 bridgehead atoms. The lowest BCUT2D eigenvalue weighted by Gasteiger charge is -2.35. The monoisotopic (exact) mass is 284 g/mol. The van der Waals surface area contributed by atoms with E-state index >= 15 is 0 Å². The lowest BCUT2D eigenvalue weighted by molar-refractivity contribution is 0.0354. The lowest BCUT2D eigenvalue weighted by atomic mass is 9.73. The molecular weight excluding hydrogens is 264 g/mol. The Morgan fingerprint density at radius 2 is 1.68 bits per heavy atom. The van der Waals surface area contributed by atoms with Gasteiger partial charge in [-0.3, -0.25) is 0 Å². The van der Waals surface area contributed by atoms with Gasteiger partial charge in [0.2, 0.25) is 0 Å². The summed E-state index contributed by atoms with van der Waals surface area (Å²) in [7, 11) is 0. The van der Waals surface area contributed by atoms with Crippen LogP contribution in [0.15, 0.2) is 24.3 Å². The summed E-state index contributed by atoms with van der Waals surface area (Å²) in [5.41, 5.74) is 0.375. The molecule has 19 heavy (non-hydrogen) atoms. The van der Waals surface area contributed by atoms with Gasteiger partial charge in [-0.25, -0.2) is 0 Å². The van der Waals surface area contributed by atoms with Crippen LogP contribution in [0, 0.1) is 5.92 Å². The highest BCUT2D eigenvalue weighted by molar-refractivity contribution is 6.30. The SMILES string of the molecule is OCC(CO)(CC1CCOCC1)c1ccc(Cl)cc1. The molecule has 0 saturated carbocycles. The summed E-state index contributed by atoms with van der Waals surface area (Å²) in [6.07, 6.45) is 2.77. The molecule has 4 heteroatoms. The van der Waals surface area contributed by atoms with E-state index in [2.05, 4.69) is 0 Å². The Bertz CT molecular complexity index is 381. The first-order valence-corrected chi connectivity index (χ1v) is 7.13. The fourth-order valence-corrected chi connectivity index (χ4v) is 2.91. The molecule has 0 spiro atoms. The Kier molecular flexibility index (Phi) is 5.22. The molecule has 2 N–H and O–H groups in total. The molecule has 0 aliphatic carbocycles. The maximum Gasteiger partial charge on any atom is 0.0550 e. The van der Waals surface area contributed by atoms with Gasteiger partial charge in [0, 0.05) is 23.7 Å². The van der Waals surface area contributed by atoms with E-state index in [9.17, 15) is 10.2 Å². The standard InChI is InChI=1S/C15H21ClO3/c16-14-3-1-13(2-4-14)15(10-17,11-18)9-12-5-7-19-8-6-12/h1-4,12,17-18H,5-11H2. The van der Waals surface area contributed by atoms with E-state index in [1.54, 1.807) is 12.1 Å². The molecule has 1 saturated heterocycles. The number of ether oxygens (including phenoxy) is 1. The molecule has 1 fully saturated rings. The third-order valence-corrected chi connectivity index (χ3v) is 4.33. The first kappa shape index (κ1) is 14.8. The van der Waals surface area contributed by atoms with Crippen molar-refractivity contribution in [3.8, 4) is 0 Å². The molecule has 1 heterocycles. The zero-order valence-corrected chi connectivity index (χ0v) is 11.8. The Labute approximate surface area is 119 Å². The second-order valence-corrected chi connectivity index (χ2v) is 5.80. The highest BCUT2D eigenvalue weighted by Crippen LogP contribution is 2.35. The average molecular weight is 285 g/mol. The van der Waals surface area contributed by atoms with E-state index in [1.807, 2.05) is 12.1 Å². The number of aliphatic hydroxyl groups excluding tert-OH is 2. The maximum atomic E-state index is 9.81. The van der Waals surface area contributed by atoms with Gasteiger partial charge in [-0.15, -0.1) is 0 Å². The molecule has 106 valence electrons. The van der Waals surface area contributed by atoms with Gasteiger partial charge in [0.25, 0.3) is 0 Å². The van der Waals surface area contributed by atoms with E-state index in [-0.39, 0.29) is 13.2 Å². The molecule has 0 atom stereocenters. The van der Waals surface area contributed by atoms with Crippen molar-refractivity contribution in [1.29, 1.82) is 0 Å². The fourth-order valence-electron chi connectivity index (χ4n) is 2.79. The van der Waals surface area contributed by atoms with Crippen LogP contribution in [0.2, 0.25) is 5.02 Å². The molecule has 1 aliphatic heterocycles.